The Kier molecular flexibility index (Phi) is 6.30. The van der Waals surface area contributed by atoms with E-state index < -0.39 is 0 Å². The summed E-state index contributed by atoms with van der Waals surface area (Å²) in [6.07, 6.45) is 0. The van der Waals surface area contributed by atoms with Gasteiger partial charge in [0.2, 0.25) is 11.8 Å². The van der Waals surface area contributed by atoms with E-state index in [0.717, 1.165) is 10.4 Å². The standard InChI is InChI=1S/C18H21N3O3S/c1-12-4-7-14(8-5-12)20-16(22)11-21(3)17(23)10-19-18(24)15-9-6-13(2)25-15/h4-9H,10-11H2,1-3H3,(H,19,24)(H,20,22). The van der Waals surface area contributed by atoms with Gasteiger partial charge in [-0.15, -0.1) is 11.3 Å². The summed E-state index contributed by atoms with van der Waals surface area (Å²) in [7, 11) is 1.53. The maximum Gasteiger partial charge on any atom is 0.261 e. The lowest BCUT2D eigenvalue weighted by Crippen LogP contribution is -2.41. The first kappa shape index (κ1) is 18.7. The molecule has 0 aliphatic rings. The second-order valence-corrected chi connectivity index (χ2v) is 7.04. The van der Waals surface area contributed by atoms with Crippen LogP contribution in [0, 0.1) is 13.8 Å². The average molecular weight is 359 g/mol. The van der Waals surface area contributed by atoms with Gasteiger partial charge in [0.05, 0.1) is 18.0 Å². The van der Waals surface area contributed by atoms with E-state index in [4.69, 9.17) is 0 Å². The van der Waals surface area contributed by atoms with Crippen LogP contribution in [-0.2, 0) is 9.59 Å². The second-order valence-electron chi connectivity index (χ2n) is 5.76. The van der Waals surface area contributed by atoms with Gasteiger partial charge in [-0.2, -0.15) is 0 Å². The van der Waals surface area contributed by atoms with Crippen molar-refractivity contribution in [2.24, 2.45) is 0 Å². The third-order valence-corrected chi connectivity index (χ3v) is 4.51. The Morgan fingerprint density at radius 3 is 2.32 bits per heavy atom. The summed E-state index contributed by atoms with van der Waals surface area (Å²) in [4.78, 5) is 38.8. The Bertz CT molecular complexity index is 768. The van der Waals surface area contributed by atoms with Crippen molar-refractivity contribution < 1.29 is 14.4 Å². The first-order chi connectivity index (χ1) is 11.8. The van der Waals surface area contributed by atoms with Crippen molar-refractivity contribution in [3.63, 3.8) is 0 Å². The summed E-state index contributed by atoms with van der Waals surface area (Å²) in [6, 6.07) is 11.0. The summed E-state index contributed by atoms with van der Waals surface area (Å²) in [5.74, 6) is -0.912. The molecule has 0 bridgehead atoms. The maximum atomic E-state index is 12.1. The topological polar surface area (TPSA) is 78.5 Å². The first-order valence-corrected chi connectivity index (χ1v) is 8.62. The minimum Gasteiger partial charge on any atom is -0.342 e. The predicted octanol–water partition coefficient (Wildman–Crippen LogP) is 2.19. The van der Waals surface area contributed by atoms with E-state index in [1.54, 1.807) is 18.2 Å². The number of aryl methyl sites for hydroxylation is 2. The molecule has 25 heavy (non-hydrogen) atoms. The molecule has 0 unspecified atom stereocenters. The summed E-state index contributed by atoms with van der Waals surface area (Å²) < 4.78 is 0. The monoisotopic (exact) mass is 359 g/mol. The molecule has 0 saturated heterocycles. The molecule has 0 aliphatic heterocycles. The zero-order valence-electron chi connectivity index (χ0n) is 14.5. The number of nitrogens with one attached hydrogen (secondary N) is 2. The van der Waals surface area contributed by atoms with E-state index in [9.17, 15) is 14.4 Å². The van der Waals surface area contributed by atoms with Gasteiger partial charge in [-0.1, -0.05) is 17.7 Å². The van der Waals surface area contributed by atoms with Crippen LogP contribution < -0.4 is 10.6 Å². The number of carbonyl (C=O) groups is 3. The fourth-order valence-electron chi connectivity index (χ4n) is 2.08. The number of benzene rings is 1. The van der Waals surface area contributed by atoms with Crippen LogP contribution in [0.3, 0.4) is 0 Å². The number of thiophene rings is 1. The van der Waals surface area contributed by atoms with Gasteiger partial charge in [0.25, 0.3) is 5.91 Å². The molecule has 2 rings (SSSR count). The highest BCUT2D eigenvalue weighted by Crippen LogP contribution is 2.14. The summed E-state index contributed by atoms with van der Waals surface area (Å²) in [5, 5.41) is 5.30. The van der Waals surface area contributed by atoms with Crippen molar-refractivity contribution in [3.05, 3.63) is 51.7 Å². The van der Waals surface area contributed by atoms with E-state index in [2.05, 4.69) is 10.6 Å². The van der Waals surface area contributed by atoms with Crippen molar-refractivity contribution in [1.29, 1.82) is 0 Å². The fourth-order valence-corrected chi connectivity index (χ4v) is 2.86. The van der Waals surface area contributed by atoms with E-state index in [1.165, 1.54) is 23.3 Å². The zero-order chi connectivity index (χ0) is 18.4. The van der Waals surface area contributed by atoms with Crippen molar-refractivity contribution in [2.75, 3.05) is 25.5 Å². The molecule has 0 aliphatic carbocycles. The van der Waals surface area contributed by atoms with Crippen LogP contribution in [0.5, 0.6) is 0 Å². The van der Waals surface area contributed by atoms with Gasteiger partial charge < -0.3 is 15.5 Å². The smallest absolute Gasteiger partial charge is 0.261 e. The van der Waals surface area contributed by atoms with Gasteiger partial charge in [0.1, 0.15) is 0 Å². The van der Waals surface area contributed by atoms with Crippen molar-refractivity contribution in [3.8, 4) is 0 Å². The Morgan fingerprint density at radius 1 is 1.04 bits per heavy atom. The number of carbonyl (C=O) groups excluding carboxylic acids is 3. The molecule has 132 valence electrons. The van der Waals surface area contributed by atoms with Gasteiger partial charge >= 0.3 is 0 Å². The van der Waals surface area contributed by atoms with Crippen molar-refractivity contribution >= 4 is 34.7 Å². The van der Waals surface area contributed by atoms with Crippen LogP contribution in [0.2, 0.25) is 0 Å². The molecule has 1 aromatic heterocycles. The molecule has 0 fully saturated rings. The Hall–Kier alpha value is -2.67. The highest BCUT2D eigenvalue weighted by atomic mass is 32.1. The summed E-state index contributed by atoms with van der Waals surface area (Å²) in [6.45, 7) is 3.64. The number of hydrogen-bond donors (Lipinski definition) is 2. The van der Waals surface area contributed by atoms with E-state index in [-0.39, 0.29) is 30.8 Å². The van der Waals surface area contributed by atoms with E-state index in [0.29, 0.717) is 10.6 Å². The lowest BCUT2D eigenvalue weighted by atomic mass is 10.2. The molecule has 2 aromatic rings. The molecule has 0 atom stereocenters. The molecule has 1 aromatic carbocycles. The summed E-state index contributed by atoms with van der Waals surface area (Å²) >= 11 is 1.37. The first-order valence-electron chi connectivity index (χ1n) is 7.80. The minimum atomic E-state index is -0.333. The average Bonchev–Trinajstić information content (AvgIpc) is 3.00. The molecule has 2 N–H and O–H groups in total. The quantitative estimate of drug-likeness (QED) is 0.830. The molecule has 0 spiro atoms. The maximum absolute atomic E-state index is 12.1. The van der Waals surface area contributed by atoms with Gasteiger partial charge in [0.15, 0.2) is 0 Å². The molecular formula is C18H21N3O3S. The lowest BCUT2D eigenvalue weighted by molar-refractivity contribution is -0.132. The predicted molar refractivity (Wildman–Crippen MR) is 98.8 cm³/mol. The third-order valence-electron chi connectivity index (χ3n) is 3.51. The number of rotatable bonds is 6. The number of anilines is 1. The minimum absolute atomic E-state index is 0.0826. The molecular weight excluding hydrogens is 338 g/mol. The Balaban J connectivity index is 1.78. The molecule has 0 saturated carbocycles. The molecule has 6 nitrogen and oxygen atoms in total. The zero-order valence-corrected chi connectivity index (χ0v) is 15.3. The highest BCUT2D eigenvalue weighted by molar-refractivity contribution is 7.13. The number of amides is 3. The third kappa shape index (κ3) is 5.72. The van der Waals surface area contributed by atoms with E-state index >= 15 is 0 Å². The fraction of sp³-hybridized carbons (Fsp3) is 0.278. The van der Waals surface area contributed by atoms with Crippen molar-refractivity contribution in [1.82, 2.24) is 10.2 Å². The second kappa shape index (κ2) is 8.43. The molecule has 0 radical (unpaired) electrons. The van der Waals surface area contributed by atoms with Crippen LogP contribution in [0.1, 0.15) is 20.1 Å². The van der Waals surface area contributed by atoms with Crippen LogP contribution in [-0.4, -0.2) is 42.8 Å². The van der Waals surface area contributed by atoms with Crippen LogP contribution in [0.4, 0.5) is 5.69 Å². The van der Waals surface area contributed by atoms with Gasteiger partial charge in [-0.25, -0.2) is 0 Å². The van der Waals surface area contributed by atoms with E-state index in [1.807, 2.05) is 32.0 Å². The normalized spacial score (nSPS) is 10.2. The Labute approximate surface area is 150 Å². The largest absolute Gasteiger partial charge is 0.342 e. The van der Waals surface area contributed by atoms with Crippen LogP contribution >= 0.6 is 11.3 Å². The van der Waals surface area contributed by atoms with Crippen LogP contribution in [0.15, 0.2) is 36.4 Å². The number of nitrogens with zero attached hydrogens (tertiary/aromatic N) is 1. The number of hydrogen-bond acceptors (Lipinski definition) is 4. The van der Waals surface area contributed by atoms with Gasteiger partial charge in [-0.05, 0) is 38.1 Å². The highest BCUT2D eigenvalue weighted by Gasteiger charge is 2.15. The Morgan fingerprint density at radius 2 is 1.72 bits per heavy atom. The molecule has 3 amide bonds. The summed E-state index contributed by atoms with van der Waals surface area (Å²) in [5.41, 5.74) is 1.78. The van der Waals surface area contributed by atoms with Crippen LogP contribution in [0.25, 0.3) is 0 Å². The molecule has 7 heteroatoms. The SMILES string of the molecule is Cc1ccc(NC(=O)CN(C)C(=O)CNC(=O)c2ccc(C)s2)cc1. The van der Waals surface area contributed by atoms with Gasteiger partial charge in [0, 0.05) is 17.6 Å². The van der Waals surface area contributed by atoms with Gasteiger partial charge in [-0.3, -0.25) is 14.4 Å². The number of likely N-dealkylation sites (N-methyl/N-ethyl adjacent to an activating group) is 1. The lowest BCUT2D eigenvalue weighted by Gasteiger charge is -2.17. The molecule has 1 heterocycles. The van der Waals surface area contributed by atoms with Crippen molar-refractivity contribution in [2.45, 2.75) is 13.8 Å².